The molecular weight excluding hydrogens is 389 g/mol. The van der Waals surface area contributed by atoms with Crippen molar-refractivity contribution in [3.63, 3.8) is 0 Å². The molecule has 0 unspecified atom stereocenters. The summed E-state index contributed by atoms with van der Waals surface area (Å²) in [5, 5.41) is 4.89. The molecule has 0 amide bonds. The number of hydrogen-bond donors (Lipinski definition) is 1. The fraction of sp³-hybridized carbons (Fsp3) is 1.00. The van der Waals surface area contributed by atoms with Crippen LogP contribution in [0, 0.1) is 0 Å². The van der Waals surface area contributed by atoms with Gasteiger partial charge in [-0.05, 0) is 27.7 Å². The molecular formula is C12H28NNaO11S. The maximum atomic E-state index is 11.1. The van der Waals surface area contributed by atoms with Gasteiger partial charge in [-0.3, -0.25) is 4.18 Å². The standard InChI is InChI=1S/C12H21NO8S.Na.3H2O.H/c1-10(2)18-7-5-16-12(6-17-22(13,14)15)9(8(7)19-10)20-11(3,4)21-12;;;;;/h7-9H,5-6H2,1-4H3,(H2,13,14,15);;3*1H2;/q;+1;;;;-1/t7-,8-,9+,12+;;;;;/m1...../s1. The van der Waals surface area contributed by atoms with Gasteiger partial charge in [0.1, 0.15) is 24.9 Å². The van der Waals surface area contributed by atoms with E-state index in [-0.39, 0.29) is 60.1 Å². The second kappa shape index (κ2) is 8.92. The van der Waals surface area contributed by atoms with Crippen molar-refractivity contribution in [1.29, 1.82) is 0 Å². The Kier molecular flexibility index (Phi) is 9.87. The molecule has 3 saturated heterocycles. The van der Waals surface area contributed by atoms with Crippen molar-refractivity contribution in [2.45, 2.75) is 63.4 Å². The summed E-state index contributed by atoms with van der Waals surface area (Å²) in [5.74, 6) is -3.19. The van der Waals surface area contributed by atoms with E-state index < -0.39 is 46.5 Å². The summed E-state index contributed by atoms with van der Waals surface area (Å²) >= 11 is 0. The van der Waals surface area contributed by atoms with Gasteiger partial charge in [0, 0.05) is 0 Å². The van der Waals surface area contributed by atoms with Crippen molar-refractivity contribution < 1.29 is 83.7 Å². The summed E-state index contributed by atoms with van der Waals surface area (Å²) in [6.45, 7) is 6.71. The van der Waals surface area contributed by atoms with Crippen LogP contribution in [0.15, 0.2) is 0 Å². The molecule has 8 N–H and O–H groups in total. The van der Waals surface area contributed by atoms with Crippen molar-refractivity contribution in [3.05, 3.63) is 0 Å². The van der Waals surface area contributed by atoms with Gasteiger partial charge in [-0.25, -0.2) is 5.14 Å². The Hall–Kier alpha value is 0.550. The van der Waals surface area contributed by atoms with Crippen LogP contribution >= 0.6 is 0 Å². The summed E-state index contributed by atoms with van der Waals surface area (Å²) in [5.41, 5.74) is 0. The third-order valence-electron chi connectivity index (χ3n) is 3.70. The average molecular weight is 417 g/mol. The zero-order valence-electron chi connectivity index (χ0n) is 16.4. The van der Waals surface area contributed by atoms with Gasteiger partial charge in [-0.15, -0.1) is 0 Å². The largest absolute Gasteiger partial charge is 1.00 e. The Labute approximate surface area is 175 Å². The Morgan fingerprint density at radius 3 is 2.19 bits per heavy atom. The minimum absolute atomic E-state index is 0. The van der Waals surface area contributed by atoms with E-state index in [0.717, 1.165) is 0 Å². The molecule has 0 radical (unpaired) electrons. The fourth-order valence-corrected chi connectivity index (χ4v) is 3.44. The molecule has 154 valence electrons. The zero-order valence-corrected chi connectivity index (χ0v) is 18.2. The van der Waals surface area contributed by atoms with Crippen molar-refractivity contribution in [2.75, 3.05) is 13.2 Å². The first kappa shape index (κ1) is 28.8. The van der Waals surface area contributed by atoms with E-state index in [1.165, 1.54) is 0 Å². The molecule has 0 bridgehead atoms. The molecule has 0 aliphatic carbocycles. The molecule has 3 aliphatic heterocycles. The predicted octanol–water partition coefficient (Wildman–Crippen LogP) is -5.75. The van der Waals surface area contributed by atoms with Gasteiger partial charge in [-0.2, -0.15) is 8.42 Å². The number of fused-ring (bicyclic) bond motifs is 3. The summed E-state index contributed by atoms with van der Waals surface area (Å²) < 4.78 is 55.9. The van der Waals surface area contributed by atoms with Crippen molar-refractivity contribution in [1.82, 2.24) is 0 Å². The average Bonchev–Trinajstić information content (AvgIpc) is 2.78. The van der Waals surface area contributed by atoms with E-state index >= 15 is 0 Å². The van der Waals surface area contributed by atoms with Crippen LogP contribution in [0.3, 0.4) is 0 Å². The topological polar surface area (TPSA) is 210 Å². The van der Waals surface area contributed by atoms with E-state index in [9.17, 15) is 8.42 Å². The second-order valence-electron chi connectivity index (χ2n) is 6.56. The fourth-order valence-electron chi connectivity index (χ4n) is 3.11. The minimum Gasteiger partial charge on any atom is -1.00 e. The molecule has 26 heavy (non-hydrogen) atoms. The molecule has 3 fully saturated rings. The summed E-state index contributed by atoms with van der Waals surface area (Å²) in [6, 6.07) is 0. The monoisotopic (exact) mass is 417 g/mol. The maximum absolute atomic E-state index is 11.1. The van der Waals surface area contributed by atoms with Crippen LogP contribution in [-0.4, -0.2) is 73.7 Å². The molecule has 0 aromatic rings. The van der Waals surface area contributed by atoms with E-state index in [2.05, 4.69) is 0 Å². The molecule has 0 aromatic carbocycles. The molecule has 3 heterocycles. The zero-order chi connectivity index (χ0) is 16.4. The van der Waals surface area contributed by atoms with E-state index in [4.69, 9.17) is 33.0 Å². The van der Waals surface area contributed by atoms with Gasteiger partial charge in [0.25, 0.3) is 0 Å². The Bertz CT molecular complexity index is 578. The van der Waals surface area contributed by atoms with Gasteiger partial charge >= 0.3 is 39.9 Å². The maximum Gasteiger partial charge on any atom is 1.00 e. The van der Waals surface area contributed by atoms with Gasteiger partial charge in [0.2, 0.25) is 5.79 Å². The van der Waals surface area contributed by atoms with E-state index in [1.807, 2.05) is 0 Å². The first-order valence-electron chi connectivity index (χ1n) is 6.96. The van der Waals surface area contributed by atoms with E-state index in [1.54, 1.807) is 27.7 Å². The Morgan fingerprint density at radius 1 is 1.08 bits per heavy atom. The summed E-state index contributed by atoms with van der Waals surface area (Å²) in [4.78, 5) is 0. The molecule has 0 saturated carbocycles. The molecule has 3 rings (SSSR count). The van der Waals surface area contributed by atoms with Crippen LogP contribution in [0.25, 0.3) is 0 Å². The number of rotatable bonds is 3. The van der Waals surface area contributed by atoms with Gasteiger partial charge < -0.3 is 41.5 Å². The predicted molar refractivity (Wildman–Crippen MR) is 83.6 cm³/mol. The molecule has 0 spiro atoms. The van der Waals surface area contributed by atoms with Crippen LogP contribution in [0.2, 0.25) is 0 Å². The van der Waals surface area contributed by atoms with Gasteiger partial charge in [0.05, 0.1) is 6.61 Å². The summed E-state index contributed by atoms with van der Waals surface area (Å²) in [6.07, 6.45) is -1.50. The van der Waals surface area contributed by atoms with Crippen molar-refractivity contribution >= 4 is 10.3 Å². The Morgan fingerprint density at radius 2 is 1.65 bits per heavy atom. The molecule has 3 aliphatic rings. The van der Waals surface area contributed by atoms with Crippen molar-refractivity contribution in [2.24, 2.45) is 5.14 Å². The van der Waals surface area contributed by atoms with E-state index in [0.29, 0.717) is 0 Å². The minimum atomic E-state index is -4.14. The molecule has 14 heteroatoms. The first-order valence-corrected chi connectivity index (χ1v) is 8.43. The van der Waals surface area contributed by atoms with Crippen LogP contribution in [0.1, 0.15) is 29.1 Å². The quantitative estimate of drug-likeness (QED) is 0.436. The van der Waals surface area contributed by atoms with Gasteiger partial charge in [0.15, 0.2) is 11.6 Å². The first-order chi connectivity index (χ1) is 9.92. The normalized spacial score (nSPS) is 36.3. The molecule has 0 aromatic heterocycles. The number of nitrogens with two attached hydrogens (primary N) is 1. The third kappa shape index (κ3) is 5.78. The number of ether oxygens (including phenoxy) is 5. The van der Waals surface area contributed by atoms with Crippen LogP contribution in [0.4, 0.5) is 0 Å². The smallest absolute Gasteiger partial charge is 1.00 e. The van der Waals surface area contributed by atoms with Crippen LogP contribution in [0.5, 0.6) is 0 Å². The van der Waals surface area contributed by atoms with Crippen LogP contribution in [-0.2, 0) is 38.2 Å². The SMILES string of the molecule is CC1(C)O[C@@H]2[C@@H](CO[C@@]3(COS(N)(=O)=O)OC(C)(C)O[C@@H]23)O1.O.O.O.[H-].[Na+]. The Balaban J connectivity index is -0.00000115. The third-order valence-corrected chi connectivity index (χ3v) is 4.15. The second-order valence-corrected chi connectivity index (χ2v) is 7.78. The number of hydrogen-bond acceptors (Lipinski definition) is 8. The summed E-state index contributed by atoms with van der Waals surface area (Å²) in [7, 11) is -4.14. The molecule has 12 nitrogen and oxygen atoms in total. The molecule has 4 atom stereocenters. The van der Waals surface area contributed by atoms with Crippen LogP contribution < -0.4 is 34.7 Å². The van der Waals surface area contributed by atoms with Crippen molar-refractivity contribution in [3.8, 4) is 0 Å². The van der Waals surface area contributed by atoms with Gasteiger partial charge in [-0.1, -0.05) is 0 Å².